The second kappa shape index (κ2) is 3.13. The molecular formula is C7H10N4O. The number of imidazole rings is 1. The van der Waals surface area contributed by atoms with E-state index >= 15 is 0 Å². The number of nitrogens with one attached hydrogen (secondary N) is 2. The summed E-state index contributed by atoms with van der Waals surface area (Å²) in [5.74, 6) is 0.546. The van der Waals surface area contributed by atoms with Crippen LogP contribution < -0.4 is 11.0 Å². The standard InChI is InChI=1S/C7H10N4O/c1-3-11-6(9-2)5(4-8)10-7(11)12/h9H,3H2,1-2H3,(H,10,12). The average Bonchev–Trinajstić information content (AvgIpc) is 2.40. The van der Waals surface area contributed by atoms with Crippen LogP contribution in [0.3, 0.4) is 0 Å². The van der Waals surface area contributed by atoms with Gasteiger partial charge in [-0.15, -0.1) is 0 Å². The summed E-state index contributed by atoms with van der Waals surface area (Å²) in [7, 11) is 1.68. The molecule has 5 heteroatoms. The molecule has 0 saturated carbocycles. The molecule has 0 aromatic carbocycles. The number of hydrogen-bond donors (Lipinski definition) is 2. The molecule has 12 heavy (non-hydrogen) atoms. The third-order valence-corrected chi connectivity index (χ3v) is 1.65. The molecule has 0 amide bonds. The molecule has 0 saturated heterocycles. The molecule has 1 heterocycles. The van der Waals surface area contributed by atoms with E-state index in [1.54, 1.807) is 7.05 Å². The van der Waals surface area contributed by atoms with Crippen LogP contribution in [-0.4, -0.2) is 16.6 Å². The number of rotatable bonds is 2. The van der Waals surface area contributed by atoms with Crippen molar-refractivity contribution in [1.82, 2.24) is 9.55 Å². The predicted octanol–water partition coefficient (Wildman–Crippen LogP) is 0.110. The minimum Gasteiger partial charge on any atom is -0.372 e. The van der Waals surface area contributed by atoms with Crippen LogP contribution in [0.4, 0.5) is 5.82 Å². The fourth-order valence-electron chi connectivity index (χ4n) is 1.11. The van der Waals surface area contributed by atoms with Crippen LogP contribution in [0, 0.1) is 11.3 Å². The Morgan fingerprint density at radius 1 is 1.75 bits per heavy atom. The van der Waals surface area contributed by atoms with Gasteiger partial charge in [0.1, 0.15) is 11.9 Å². The van der Waals surface area contributed by atoms with Crippen molar-refractivity contribution < 1.29 is 0 Å². The van der Waals surface area contributed by atoms with Crippen molar-refractivity contribution in [3.8, 4) is 6.07 Å². The Kier molecular flexibility index (Phi) is 2.19. The normalized spacial score (nSPS) is 9.42. The Labute approximate surface area is 69.6 Å². The lowest BCUT2D eigenvalue weighted by Crippen LogP contribution is -2.16. The third kappa shape index (κ3) is 1.07. The Hall–Kier alpha value is -1.70. The highest BCUT2D eigenvalue weighted by Crippen LogP contribution is 2.08. The van der Waals surface area contributed by atoms with E-state index in [0.717, 1.165) is 0 Å². The van der Waals surface area contributed by atoms with Gasteiger partial charge in [0.2, 0.25) is 0 Å². The Balaban J connectivity index is 3.38. The number of anilines is 1. The van der Waals surface area contributed by atoms with Gasteiger partial charge in [0, 0.05) is 13.6 Å². The third-order valence-electron chi connectivity index (χ3n) is 1.65. The van der Waals surface area contributed by atoms with Gasteiger partial charge in [0.15, 0.2) is 5.69 Å². The topological polar surface area (TPSA) is 73.6 Å². The van der Waals surface area contributed by atoms with Gasteiger partial charge in [0.25, 0.3) is 0 Å². The van der Waals surface area contributed by atoms with Crippen molar-refractivity contribution in [3.63, 3.8) is 0 Å². The van der Waals surface area contributed by atoms with Crippen LogP contribution in [0.25, 0.3) is 0 Å². The summed E-state index contributed by atoms with van der Waals surface area (Å²) >= 11 is 0. The first-order valence-electron chi connectivity index (χ1n) is 3.65. The molecular weight excluding hydrogens is 156 g/mol. The zero-order chi connectivity index (χ0) is 9.14. The lowest BCUT2D eigenvalue weighted by Gasteiger charge is -2.01. The summed E-state index contributed by atoms with van der Waals surface area (Å²) in [4.78, 5) is 13.6. The van der Waals surface area contributed by atoms with Gasteiger partial charge in [-0.25, -0.2) is 4.79 Å². The first-order valence-corrected chi connectivity index (χ1v) is 3.65. The number of nitrogens with zero attached hydrogens (tertiary/aromatic N) is 2. The summed E-state index contributed by atoms with van der Waals surface area (Å²) in [6.45, 7) is 2.39. The number of hydrogen-bond acceptors (Lipinski definition) is 3. The SMILES string of the molecule is CCn1c(NC)c(C#N)[nH]c1=O. The van der Waals surface area contributed by atoms with Crippen molar-refractivity contribution in [3.05, 3.63) is 16.2 Å². The first kappa shape index (κ1) is 8.40. The van der Waals surface area contributed by atoms with Crippen LogP contribution in [0.1, 0.15) is 12.6 Å². The van der Waals surface area contributed by atoms with E-state index in [0.29, 0.717) is 12.4 Å². The van der Waals surface area contributed by atoms with Crippen LogP contribution in [0.5, 0.6) is 0 Å². The lowest BCUT2D eigenvalue weighted by atomic mass is 10.4. The maximum Gasteiger partial charge on any atom is 0.328 e. The van der Waals surface area contributed by atoms with Crippen LogP contribution >= 0.6 is 0 Å². The van der Waals surface area contributed by atoms with Crippen molar-refractivity contribution in [2.24, 2.45) is 0 Å². The maximum absolute atomic E-state index is 11.1. The molecule has 2 N–H and O–H groups in total. The molecule has 0 bridgehead atoms. The van der Waals surface area contributed by atoms with Gasteiger partial charge in [-0.05, 0) is 6.92 Å². The quantitative estimate of drug-likeness (QED) is 0.654. The summed E-state index contributed by atoms with van der Waals surface area (Å²) in [5, 5.41) is 11.4. The monoisotopic (exact) mass is 166 g/mol. The second-order valence-corrected chi connectivity index (χ2v) is 2.26. The summed E-state index contributed by atoms with van der Waals surface area (Å²) in [6, 6.07) is 1.90. The Morgan fingerprint density at radius 3 is 2.83 bits per heavy atom. The summed E-state index contributed by atoms with van der Waals surface area (Å²) in [6.07, 6.45) is 0. The molecule has 1 aromatic rings. The maximum atomic E-state index is 11.1. The smallest absolute Gasteiger partial charge is 0.328 e. The van der Waals surface area contributed by atoms with Gasteiger partial charge >= 0.3 is 5.69 Å². The van der Waals surface area contributed by atoms with Crippen LogP contribution in [-0.2, 0) is 6.54 Å². The summed E-state index contributed by atoms with van der Waals surface area (Å²) < 4.78 is 1.47. The number of nitriles is 1. The second-order valence-electron chi connectivity index (χ2n) is 2.26. The van der Waals surface area contributed by atoms with E-state index in [1.165, 1.54) is 4.57 Å². The number of H-pyrrole nitrogens is 1. The summed E-state index contributed by atoms with van der Waals surface area (Å²) in [5.41, 5.74) is 0.0303. The molecule has 5 nitrogen and oxygen atoms in total. The molecule has 64 valence electrons. The van der Waals surface area contributed by atoms with Gasteiger partial charge < -0.3 is 5.32 Å². The average molecular weight is 166 g/mol. The lowest BCUT2D eigenvalue weighted by molar-refractivity contribution is 0.736. The molecule has 0 aliphatic rings. The molecule has 1 aromatic heterocycles. The zero-order valence-electron chi connectivity index (χ0n) is 7.01. The van der Waals surface area contributed by atoms with Crippen LogP contribution in [0.2, 0.25) is 0 Å². The molecule has 0 fully saturated rings. The Bertz CT molecular complexity index is 368. The molecule has 1 rings (SSSR count). The highest BCUT2D eigenvalue weighted by molar-refractivity contribution is 5.48. The minimum atomic E-state index is -0.251. The van der Waals surface area contributed by atoms with Crippen molar-refractivity contribution in [2.75, 3.05) is 12.4 Å². The highest BCUT2D eigenvalue weighted by atomic mass is 16.1. The van der Waals surface area contributed by atoms with E-state index in [2.05, 4.69) is 10.3 Å². The number of aromatic amines is 1. The molecule has 0 aliphatic carbocycles. The first-order chi connectivity index (χ1) is 5.74. The van der Waals surface area contributed by atoms with Crippen molar-refractivity contribution in [2.45, 2.75) is 13.5 Å². The predicted molar refractivity (Wildman–Crippen MR) is 45.0 cm³/mol. The van der Waals surface area contributed by atoms with E-state index < -0.39 is 0 Å². The zero-order valence-corrected chi connectivity index (χ0v) is 7.01. The van der Waals surface area contributed by atoms with Crippen LogP contribution in [0.15, 0.2) is 4.79 Å². The molecule has 0 spiro atoms. The number of aromatic nitrogens is 2. The molecule has 0 unspecified atom stereocenters. The van der Waals surface area contributed by atoms with Gasteiger partial charge in [-0.2, -0.15) is 5.26 Å². The highest BCUT2D eigenvalue weighted by Gasteiger charge is 2.09. The Morgan fingerprint density at radius 2 is 2.42 bits per heavy atom. The van der Waals surface area contributed by atoms with E-state index in [9.17, 15) is 4.79 Å². The van der Waals surface area contributed by atoms with Crippen molar-refractivity contribution in [1.29, 1.82) is 5.26 Å². The van der Waals surface area contributed by atoms with Gasteiger partial charge in [-0.3, -0.25) is 9.55 Å². The van der Waals surface area contributed by atoms with Gasteiger partial charge in [-0.1, -0.05) is 0 Å². The molecule has 0 aliphatic heterocycles. The van der Waals surface area contributed by atoms with E-state index in [-0.39, 0.29) is 11.4 Å². The van der Waals surface area contributed by atoms with Crippen molar-refractivity contribution >= 4 is 5.82 Å². The molecule has 0 radical (unpaired) electrons. The van der Waals surface area contributed by atoms with E-state index in [1.807, 2.05) is 13.0 Å². The fraction of sp³-hybridized carbons (Fsp3) is 0.429. The molecule has 0 atom stereocenters. The van der Waals surface area contributed by atoms with E-state index in [4.69, 9.17) is 5.26 Å². The fourth-order valence-corrected chi connectivity index (χ4v) is 1.11. The minimum absolute atomic E-state index is 0.251. The largest absolute Gasteiger partial charge is 0.372 e. The van der Waals surface area contributed by atoms with Gasteiger partial charge in [0.05, 0.1) is 0 Å².